The summed E-state index contributed by atoms with van der Waals surface area (Å²) in [6, 6.07) is 14.2. The number of hydrogen-bond acceptors (Lipinski definition) is 5. The second-order valence-corrected chi connectivity index (χ2v) is 9.32. The summed E-state index contributed by atoms with van der Waals surface area (Å²) >= 11 is 0. The molecule has 0 aliphatic carbocycles. The molecule has 3 aromatic rings. The van der Waals surface area contributed by atoms with E-state index in [1.165, 1.54) is 23.3 Å². The number of nitrogens with zero attached hydrogens (tertiary/aromatic N) is 3. The number of benzene rings is 2. The third kappa shape index (κ3) is 5.22. The summed E-state index contributed by atoms with van der Waals surface area (Å²) in [7, 11) is 0. The average molecular weight is 437 g/mol. The van der Waals surface area contributed by atoms with E-state index in [9.17, 15) is 9.18 Å². The van der Waals surface area contributed by atoms with Crippen molar-refractivity contribution in [3.8, 4) is 0 Å². The molecule has 168 valence electrons. The monoisotopic (exact) mass is 436 g/mol. The van der Waals surface area contributed by atoms with Gasteiger partial charge >= 0.3 is 0 Å². The van der Waals surface area contributed by atoms with Crippen LogP contribution in [0.2, 0.25) is 0 Å². The highest BCUT2D eigenvalue weighted by Crippen LogP contribution is 2.26. The van der Waals surface area contributed by atoms with Crippen molar-refractivity contribution in [3.63, 3.8) is 0 Å². The Labute approximate surface area is 187 Å². The van der Waals surface area contributed by atoms with Gasteiger partial charge in [0.2, 0.25) is 11.8 Å². The minimum absolute atomic E-state index is 0.0304. The maximum absolute atomic E-state index is 13.1. The number of amides is 1. The summed E-state index contributed by atoms with van der Waals surface area (Å²) < 4.78 is 18.6. The molecular formula is C25H29FN4O2. The molecule has 6 nitrogen and oxygen atoms in total. The predicted octanol–water partition coefficient (Wildman–Crippen LogP) is 3.79. The highest BCUT2D eigenvalue weighted by Gasteiger charge is 2.33. The van der Waals surface area contributed by atoms with Crippen molar-refractivity contribution in [1.29, 1.82) is 0 Å². The quantitative estimate of drug-likeness (QED) is 0.637. The molecule has 0 bridgehead atoms. The van der Waals surface area contributed by atoms with Gasteiger partial charge in [-0.15, -0.1) is 0 Å². The number of rotatable bonds is 6. The van der Waals surface area contributed by atoms with Crippen molar-refractivity contribution >= 4 is 5.91 Å². The Kier molecular flexibility index (Phi) is 6.37. The first-order valence-electron chi connectivity index (χ1n) is 11.0. The van der Waals surface area contributed by atoms with E-state index in [1.807, 2.05) is 32.9 Å². The Hall–Kier alpha value is -3.06. The van der Waals surface area contributed by atoms with E-state index >= 15 is 0 Å². The van der Waals surface area contributed by atoms with Crippen molar-refractivity contribution < 1.29 is 13.7 Å². The molecule has 1 N–H and O–H groups in total. The van der Waals surface area contributed by atoms with Gasteiger partial charge < -0.3 is 9.84 Å². The maximum Gasteiger partial charge on any atom is 0.240 e. The van der Waals surface area contributed by atoms with Crippen LogP contribution in [0.5, 0.6) is 0 Å². The van der Waals surface area contributed by atoms with Crippen molar-refractivity contribution in [2.75, 3.05) is 6.54 Å². The minimum atomic E-state index is -0.330. The summed E-state index contributed by atoms with van der Waals surface area (Å²) in [5, 5.41) is 7.17. The van der Waals surface area contributed by atoms with E-state index in [2.05, 4.69) is 32.5 Å². The SMILES string of the molecule is CC(C)(C)c1noc(CN2Cc3ccccc3C[C@H]2C(=O)NCCc2ccc(F)cc2)n1. The van der Waals surface area contributed by atoms with E-state index in [-0.39, 0.29) is 23.2 Å². The maximum atomic E-state index is 13.1. The van der Waals surface area contributed by atoms with Gasteiger partial charge in [0, 0.05) is 18.5 Å². The van der Waals surface area contributed by atoms with Crippen LogP contribution in [0.3, 0.4) is 0 Å². The molecule has 2 aromatic carbocycles. The summed E-state index contributed by atoms with van der Waals surface area (Å²) in [6.45, 7) is 7.65. The molecule has 1 atom stereocenters. The van der Waals surface area contributed by atoms with E-state index in [1.54, 1.807) is 12.1 Å². The molecule has 1 aliphatic rings. The summed E-state index contributed by atoms with van der Waals surface area (Å²) in [6.07, 6.45) is 1.27. The lowest BCUT2D eigenvalue weighted by Crippen LogP contribution is -2.50. The number of carbonyl (C=O) groups is 1. The second kappa shape index (κ2) is 9.20. The number of carbonyl (C=O) groups excluding carboxylic acids is 1. The number of nitrogens with one attached hydrogen (secondary N) is 1. The van der Waals surface area contributed by atoms with E-state index < -0.39 is 0 Å². The van der Waals surface area contributed by atoms with Crippen LogP contribution in [0.15, 0.2) is 53.1 Å². The molecule has 4 rings (SSSR count). The Morgan fingerprint density at radius 1 is 1.16 bits per heavy atom. The first-order valence-corrected chi connectivity index (χ1v) is 11.0. The lowest BCUT2D eigenvalue weighted by molar-refractivity contribution is -0.127. The first-order chi connectivity index (χ1) is 15.3. The lowest BCUT2D eigenvalue weighted by atomic mass is 9.93. The molecule has 0 radical (unpaired) electrons. The predicted molar refractivity (Wildman–Crippen MR) is 119 cm³/mol. The van der Waals surface area contributed by atoms with Gasteiger partial charge in [-0.2, -0.15) is 4.98 Å². The lowest BCUT2D eigenvalue weighted by Gasteiger charge is -2.35. The first kappa shape index (κ1) is 22.1. The van der Waals surface area contributed by atoms with Gasteiger partial charge in [0.15, 0.2) is 5.82 Å². The highest BCUT2D eigenvalue weighted by atomic mass is 19.1. The fourth-order valence-corrected chi connectivity index (χ4v) is 3.90. The zero-order valence-corrected chi connectivity index (χ0v) is 18.8. The van der Waals surface area contributed by atoms with Crippen LogP contribution in [0.4, 0.5) is 4.39 Å². The van der Waals surface area contributed by atoms with Crippen LogP contribution < -0.4 is 5.32 Å². The molecule has 1 amide bonds. The normalized spacial score (nSPS) is 16.6. The van der Waals surface area contributed by atoms with E-state index in [4.69, 9.17) is 4.52 Å². The van der Waals surface area contributed by atoms with Gasteiger partial charge in [0.25, 0.3) is 0 Å². The van der Waals surface area contributed by atoms with Crippen molar-refractivity contribution in [2.24, 2.45) is 0 Å². The number of halogens is 1. The Balaban J connectivity index is 1.46. The average Bonchev–Trinajstić information content (AvgIpc) is 3.24. The van der Waals surface area contributed by atoms with E-state index in [0.29, 0.717) is 44.2 Å². The zero-order chi connectivity index (χ0) is 22.7. The molecule has 0 unspecified atom stereocenters. The fourth-order valence-electron chi connectivity index (χ4n) is 3.90. The third-order valence-corrected chi connectivity index (χ3v) is 5.75. The number of aromatic nitrogens is 2. The van der Waals surface area contributed by atoms with E-state index in [0.717, 1.165) is 5.56 Å². The third-order valence-electron chi connectivity index (χ3n) is 5.75. The molecule has 0 fully saturated rings. The van der Waals surface area contributed by atoms with Crippen LogP contribution >= 0.6 is 0 Å². The van der Waals surface area contributed by atoms with Crippen LogP contribution in [0.1, 0.15) is 49.2 Å². The van der Waals surface area contributed by atoms with Gasteiger partial charge in [-0.25, -0.2) is 4.39 Å². The van der Waals surface area contributed by atoms with Crippen molar-refractivity contribution in [1.82, 2.24) is 20.4 Å². The topological polar surface area (TPSA) is 71.3 Å². The molecule has 1 aromatic heterocycles. The van der Waals surface area contributed by atoms with Crippen molar-refractivity contribution in [3.05, 3.63) is 82.8 Å². The van der Waals surface area contributed by atoms with Crippen LogP contribution in [-0.2, 0) is 36.1 Å². The second-order valence-electron chi connectivity index (χ2n) is 9.32. The summed E-state index contributed by atoms with van der Waals surface area (Å²) in [5.41, 5.74) is 3.17. The highest BCUT2D eigenvalue weighted by molar-refractivity contribution is 5.82. The fraction of sp³-hybridized carbons (Fsp3) is 0.400. The molecule has 32 heavy (non-hydrogen) atoms. The van der Waals surface area contributed by atoms with Gasteiger partial charge in [-0.05, 0) is 41.7 Å². The molecular weight excluding hydrogens is 407 g/mol. The largest absolute Gasteiger partial charge is 0.354 e. The molecule has 0 saturated heterocycles. The molecule has 0 spiro atoms. The Morgan fingerprint density at radius 3 is 2.56 bits per heavy atom. The summed E-state index contributed by atoms with van der Waals surface area (Å²) in [5.74, 6) is 0.880. The van der Waals surface area contributed by atoms with Gasteiger partial charge in [-0.1, -0.05) is 62.3 Å². The Morgan fingerprint density at radius 2 is 1.88 bits per heavy atom. The molecule has 1 aliphatic heterocycles. The van der Waals surface area contributed by atoms with Gasteiger partial charge in [-0.3, -0.25) is 9.69 Å². The Bertz CT molecular complexity index is 1070. The van der Waals surface area contributed by atoms with Crippen LogP contribution in [0.25, 0.3) is 0 Å². The van der Waals surface area contributed by atoms with Crippen molar-refractivity contribution in [2.45, 2.75) is 58.2 Å². The van der Waals surface area contributed by atoms with Crippen LogP contribution in [-0.4, -0.2) is 33.5 Å². The summed E-state index contributed by atoms with van der Waals surface area (Å²) in [4.78, 5) is 19.8. The number of hydrogen-bond donors (Lipinski definition) is 1. The smallest absolute Gasteiger partial charge is 0.240 e. The minimum Gasteiger partial charge on any atom is -0.354 e. The molecule has 2 heterocycles. The van der Waals surface area contributed by atoms with Gasteiger partial charge in [0.05, 0.1) is 12.6 Å². The van der Waals surface area contributed by atoms with Gasteiger partial charge in [0.1, 0.15) is 5.82 Å². The zero-order valence-electron chi connectivity index (χ0n) is 18.8. The van der Waals surface area contributed by atoms with Crippen LogP contribution in [0, 0.1) is 5.82 Å². The molecule has 0 saturated carbocycles. The standard InChI is InChI=1S/C25H29FN4O2/c1-25(2,3)24-28-22(32-29-24)16-30-15-19-7-5-4-6-18(19)14-21(30)23(31)27-13-12-17-8-10-20(26)11-9-17/h4-11,21H,12-16H2,1-3H3,(H,27,31)/t21-/m0/s1. The molecule has 7 heteroatoms. The number of fused-ring (bicyclic) bond motifs is 1.